The first-order valence-electron chi connectivity index (χ1n) is 7.18. The monoisotopic (exact) mass is 388 g/mol. The van der Waals surface area contributed by atoms with Crippen LogP contribution in [0.4, 0.5) is 0 Å². The van der Waals surface area contributed by atoms with Crippen molar-refractivity contribution in [1.29, 1.82) is 0 Å². The fourth-order valence-electron chi connectivity index (χ4n) is 2.90. The number of alkyl halides is 1. The van der Waals surface area contributed by atoms with Crippen LogP contribution in [0, 0.1) is 5.92 Å². The minimum absolute atomic E-state index is 0.455. The van der Waals surface area contributed by atoms with Crippen molar-refractivity contribution in [3.8, 4) is 5.75 Å². The van der Waals surface area contributed by atoms with Gasteiger partial charge in [-0.25, -0.2) is 0 Å². The first-order chi connectivity index (χ1) is 9.20. The molecule has 1 fully saturated rings. The van der Waals surface area contributed by atoms with Gasteiger partial charge in [0.2, 0.25) is 0 Å². The number of hydrogen-bond donors (Lipinski definition) is 0. The number of methoxy groups -OCH3 is 1. The van der Waals surface area contributed by atoms with E-state index in [2.05, 4.69) is 44.0 Å². The van der Waals surface area contributed by atoms with E-state index in [-0.39, 0.29) is 0 Å². The number of rotatable bonds is 5. The van der Waals surface area contributed by atoms with Crippen molar-refractivity contribution in [2.75, 3.05) is 7.11 Å². The second-order valence-corrected chi connectivity index (χ2v) is 7.40. The van der Waals surface area contributed by atoms with Crippen LogP contribution in [0.5, 0.6) is 5.75 Å². The van der Waals surface area contributed by atoms with Crippen molar-refractivity contribution in [2.45, 2.75) is 49.8 Å². The van der Waals surface area contributed by atoms with E-state index in [1.807, 2.05) is 6.07 Å². The molecule has 106 valence electrons. The lowest BCUT2D eigenvalue weighted by Gasteiger charge is -2.22. The molecule has 2 rings (SSSR count). The van der Waals surface area contributed by atoms with Gasteiger partial charge in [-0.3, -0.25) is 0 Å². The van der Waals surface area contributed by atoms with Crippen LogP contribution in [0.15, 0.2) is 22.7 Å². The summed E-state index contributed by atoms with van der Waals surface area (Å²) in [5.74, 6) is 1.85. The van der Waals surface area contributed by atoms with Crippen LogP contribution in [0.25, 0.3) is 0 Å². The van der Waals surface area contributed by atoms with Gasteiger partial charge in [0.05, 0.1) is 11.6 Å². The summed E-state index contributed by atoms with van der Waals surface area (Å²) >= 11 is 7.39. The average Bonchev–Trinajstić information content (AvgIpc) is 2.45. The summed E-state index contributed by atoms with van der Waals surface area (Å²) in [6, 6.07) is 6.36. The number of ether oxygens (including phenoxy) is 1. The van der Waals surface area contributed by atoms with Crippen molar-refractivity contribution in [1.82, 2.24) is 0 Å². The molecule has 0 amide bonds. The van der Waals surface area contributed by atoms with E-state index in [9.17, 15) is 0 Å². The SMILES string of the molecule is COc1ccc(C(Br)CCC2CCCCC2)cc1Br. The van der Waals surface area contributed by atoms with Crippen molar-refractivity contribution in [3.05, 3.63) is 28.2 Å². The van der Waals surface area contributed by atoms with E-state index in [0.717, 1.165) is 16.1 Å². The Morgan fingerprint density at radius 2 is 2.00 bits per heavy atom. The maximum Gasteiger partial charge on any atom is 0.133 e. The van der Waals surface area contributed by atoms with Gasteiger partial charge in [0.25, 0.3) is 0 Å². The van der Waals surface area contributed by atoms with Gasteiger partial charge < -0.3 is 4.74 Å². The van der Waals surface area contributed by atoms with Crippen LogP contribution < -0.4 is 4.74 Å². The first kappa shape index (κ1) is 15.4. The fourth-order valence-corrected chi connectivity index (χ4v) is 4.01. The Hall–Kier alpha value is -0.0200. The van der Waals surface area contributed by atoms with Crippen LogP contribution >= 0.6 is 31.9 Å². The lowest BCUT2D eigenvalue weighted by Crippen LogP contribution is -2.07. The molecule has 0 radical (unpaired) electrons. The van der Waals surface area contributed by atoms with Gasteiger partial charge in [-0.05, 0) is 52.4 Å². The van der Waals surface area contributed by atoms with Gasteiger partial charge in [0, 0.05) is 4.83 Å². The molecule has 0 spiro atoms. The van der Waals surface area contributed by atoms with E-state index < -0.39 is 0 Å². The second-order valence-electron chi connectivity index (χ2n) is 5.44. The molecule has 0 N–H and O–H groups in total. The molecule has 19 heavy (non-hydrogen) atoms. The fraction of sp³-hybridized carbons (Fsp3) is 0.625. The molecule has 1 saturated carbocycles. The number of benzene rings is 1. The van der Waals surface area contributed by atoms with E-state index in [0.29, 0.717) is 4.83 Å². The highest BCUT2D eigenvalue weighted by Crippen LogP contribution is 2.36. The molecule has 1 unspecified atom stereocenters. The molecule has 0 bridgehead atoms. The maximum atomic E-state index is 5.27. The second kappa shape index (κ2) is 7.68. The van der Waals surface area contributed by atoms with Crippen molar-refractivity contribution < 1.29 is 4.74 Å². The van der Waals surface area contributed by atoms with Gasteiger partial charge in [-0.1, -0.05) is 54.1 Å². The summed E-state index contributed by atoms with van der Waals surface area (Å²) < 4.78 is 6.31. The third kappa shape index (κ3) is 4.49. The smallest absolute Gasteiger partial charge is 0.133 e. The summed E-state index contributed by atoms with van der Waals surface area (Å²) in [6.07, 6.45) is 9.76. The third-order valence-electron chi connectivity index (χ3n) is 4.09. The summed E-state index contributed by atoms with van der Waals surface area (Å²) in [6.45, 7) is 0. The predicted octanol–water partition coefficient (Wildman–Crippen LogP) is 6.25. The largest absolute Gasteiger partial charge is 0.496 e. The van der Waals surface area contributed by atoms with E-state index in [1.165, 1.54) is 50.5 Å². The Morgan fingerprint density at radius 3 is 2.63 bits per heavy atom. The highest BCUT2D eigenvalue weighted by Gasteiger charge is 2.16. The molecular formula is C16H22Br2O. The molecule has 0 aliphatic heterocycles. The zero-order valence-electron chi connectivity index (χ0n) is 11.5. The van der Waals surface area contributed by atoms with Gasteiger partial charge in [0.1, 0.15) is 5.75 Å². The molecule has 1 nitrogen and oxygen atoms in total. The lowest BCUT2D eigenvalue weighted by molar-refractivity contribution is 0.332. The Balaban J connectivity index is 1.88. The zero-order chi connectivity index (χ0) is 13.7. The van der Waals surface area contributed by atoms with Crippen LogP contribution in [-0.2, 0) is 0 Å². The molecule has 0 heterocycles. The summed E-state index contributed by atoms with van der Waals surface area (Å²) in [5.41, 5.74) is 1.34. The lowest BCUT2D eigenvalue weighted by atomic mass is 9.85. The van der Waals surface area contributed by atoms with Crippen LogP contribution in [0.1, 0.15) is 55.3 Å². The molecule has 1 aromatic carbocycles. The van der Waals surface area contributed by atoms with E-state index in [4.69, 9.17) is 4.74 Å². The zero-order valence-corrected chi connectivity index (χ0v) is 14.7. The van der Waals surface area contributed by atoms with Crippen LogP contribution in [0.2, 0.25) is 0 Å². The predicted molar refractivity (Wildman–Crippen MR) is 88.2 cm³/mol. The molecule has 0 saturated heterocycles. The normalized spacial score (nSPS) is 18.3. The third-order valence-corrected chi connectivity index (χ3v) is 5.70. The molecule has 1 aliphatic rings. The Bertz CT molecular complexity index is 400. The Labute approximate surface area is 133 Å². The van der Waals surface area contributed by atoms with Crippen molar-refractivity contribution in [3.63, 3.8) is 0 Å². The van der Waals surface area contributed by atoms with Crippen molar-refractivity contribution >= 4 is 31.9 Å². The maximum absolute atomic E-state index is 5.27. The van der Waals surface area contributed by atoms with Gasteiger partial charge in [-0.2, -0.15) is 0 Å². The Kier molecular flexibility index (Phi) is 6.21. The summed E-state index contributed by atoms with van der Waals surface area (Å²) in [7, 11) is 1.70. The van der Waals surface area contributed by atoms with Crippen LogP contribution in [0.3, 0.4) is 0 Å². The standard InChI is InChI=1S/C16H22Br2O/c1-19-16-10-8-13(11-15(16)18)14(17)9-7-12-5-3-2-4-6-12/h8,10-12,14H,2-7,9H2,1H3. The highest BCUT2D eigenvalue weighted by molar-refractivity contribution is 9.10. The molecule has 1 atom stereocenters. The van der Waals surface area contributed by atoms with Gasteiger partial charge in [0.15, 0.2) is 0 Å². The minimum atomic E-state index is 0.455. The Morgan fingerprint density at radius 1 is 1.26 bits per heavy atom. The van der Waals surface area contributed by atoms with E-state index >= 15 is 0 Å². The average molecular weight is 390 g/mol. The number of halogens is 2. The topological polar surface area (TPSA) is 9.23 Å². The minimum Gasteiger partial charge on any atom is -0.496 e. The quantitative estimate of drug-likeness (QED) is 0.540. The molecular weight excluding hydrogens is 368 g/mol. The molecule has 0 aromatic heterocycles. The van der Waals surface area contributed by atoms with E-state index in [1.54, 1.807) is 7.11 Å². The van der Waals surface area contributed by atoms with Crippen LogP contribution in [-0.4, -0.2) is 7.11 Å². The van der Waals surface area contributed by atoms with Crippen molar-refractivity contribution in [2.24, 2.45) is 5.92 Å². The first-order valence-corrected chi connectivity index (χ1v) is 8.89. The van der Waals surface area contributed by atoms with Gasteiger partial charge in [-0.15, -0.1) is 0 Å². The molecule has 3 heteroatoms. The van der Waals surface area contributed by atoms with Gasteiger partial charge >= 0.3 is 0 Å². The molecule has 1 aromatic rings. The molecule has 1 aliphatic carbocycles. The summed E-state index contributed by atoms with van der Waals surface area (Å²) in [5, 5.41) is 0. The number of hydrogen-bond acceptors (Lipinski definition) is 1. The summed E-state index contributed by atoms with van der Waals surface area (Å²) in [4.78, 5) is 0.455. The highest BCUT2D eigenvalue weighted by atomic mass is 79.9.